The number of rotatable bonds is 8. The number of hydrogen-bond donors (Lipinski definition) is 0. The minimum Gasteiger partial charge on any atom is -0.311 e. The van der Waals surface area contributed by atoms with E-state index in [-0.39, 0.29) is 0 Å². The Balaban J connectivity index is 0.951. The van der Waals surface area contributed by atoms with Gasteiger partial charge in [-0.15, -0.1) is 11.3 Å². The van der Waals surface area contributed by atoms with Crippen molar-refractivity contribution in [1.29, 1.82) is 0 Å². The van der Waals surface area contributed by atoms with E-state index < -0.39 is 0 Å². The lowest BCUT2D eigenvalue weighted by Crippen LogP contribution is -2.09. The largest absolute Gasteiger partial charge is 0.311 e. The average Bonchev–Trinajstić information content (AvgIpc) is 3.71. The summed E-state index contributed by atoms with van der Waals surface area (Å²) in [7, 11) is 0. The Hall–Kier alpha value is -7.52. The molecule has 0 unspecified atom stereocenters. The van der Waals surface area contributed by atoms with E-state index in [1.807, 2.05) is 11.3 Å². The zero-order valence-corrected chi connectivity index (χ0v) is 33.7. The highest BCUT2D eigenvalue weighted by Gasteiger charge is 2.15. The van der Waals surface area contributed by atoms with Gasteiger partial charge in [0, 0.05) is 37.2 Å². The molecule has 11 rings (SSSR count). The molecule has 2 heteroatoms. The standard InChI is InChI=1S/C58H39NS/c1-2-11-40(12-3-1)45-15-8-16-46(37-45)41-23-30-50(31-24-41)59(52-34-27-43(28-35-52)48-29-36-58-56(39-48)55-20-6-7-22-57(55)60-58)51-32-25-42(26-33-51)47-17-9-18-49(38-47)54-21-10-14-44-13-4-5-19-53(44)54/h1-39H. The summed E-state index contributed by atoms with van der Waals surface area (Å²) in [5, 5.41) is 5.16. The molecular weight excluding hydrogens is 743 g/mol. The van der Waals surface area contributed by atoms with E-state index in [1.165, 1.54) is 86.6 Å². The molecule has 0 saturated heterocycles. The van der Waals surface area contributed by atoms with E-state index in [0.717, 1.165) is 17.1 Å². The van der Waals surface area contributed by atoms with E-state index in [0.29, 0.717) is 0 Å². The van der Waals surface area contributed by atoms with Crippen molar-refractivity contribution in [3.05, 3.63) is 237 Å². The number of nitrogens with zero attached hydrogens (tertiary/aromatic N) is 1. The van der Waals surface area contributed by atoms with Crippen LogP contribution in [0.3, 0.4) is 0 Å². The van der Waals surface area contributed by atoms with Gasteiger partial charge in [-0.3, -0.25) is 0 Å². The van der Waals surface area contributed by atoms with Crippen LogP contribution in [0.15, 0.2) is 237 Å². The lowest BCUT2D eigenvalue weighted by molar-refractivity contribution is 1.28. The maximum atomic E-state index is 2.36. The molecule has 0 aliphatic carbocycles. The molecule has 0 saturated carbocycles. The molecule has 0 fully saturated rings. The third kappa shape index (κ3) is 6.73. The van der Waals surface area contributed by atoms with Gasteiger partial charge in [0.15, 0.2) is 0 Å². The minimum absolute atomic E-state index is 1.10. The molecule has 0 radical (unpaired) electrons. The van der Waals surface area contributed by atoms with E-state index in [9.17, 15) is 0 Å². The second-order valence-corrected chi connectivity index (χ2v) is 16.4. The summed E-state index contributed by atoms with van der Waals surface area (Å²) in [5.41, 5.74) is 15.4. The number of hydrogen-bond acceptors (Lipinski definition) is 2. The SMILES string of the molecule is c1ccc(-c2cccc(-c3ccc(N(c4ccc(-c5cccc(-c6cccc7ccccc67)c5)cc4)c4ccc(-c5ccc6sc7ccccc7c6c5)cc4)cc3)c2)cc1. The van der Waals surface area contributed by atoms with Crippen LogP contribution in [0.1, 0.15) is 0 Å². The lowest BCUT2D eigenvalue weighted by Gasteiger charge is -2.26. The second kappa shape index (κ2) is 15.3. The monoisotopic (exact) mass is 781 g/mol. The van der Waals surface area contributed by atoms with E-state index in [4.69, 9.17) is 0 Å². The molecule has 282 valence electrons. The summed E-state index contributed by atoms with van der Waals surface area (Å²) in [6.45, 7) is 0. The number of fused-ring (bicyclic) bond motifs is 4. The zero-order chi connectivity index (χ0) is 39.8. The topological polar surface area (TPSA) is 3.24 Å². The Morgan fingerprint density at radius 1 is 0.250 bits per heavy atom. The molecule has 1 aromatic heterocycles. The first-order chi connectivity index (χ1) is 29.7. The van der Waals surface area contributed by atoms with Crippen molar-refractivity contribution in [2.24, 2.45) is 0 Å². The summed E-state index contributed by atoms with van der Waals surface area (Å²) in [4.78, 5) is 2.36. The van der Waals surface area contributed by atoms with Gasteiger partial charge in [-0.25, -0.2) is 0 Å². The Kier molecular flexibility index (Phi) is 9.11. The molecule has 0 aliphatic rings. The van der Waals surface area contributed by atoms with E-state index in [1.54, 1.807) is 0 Å². The number of thiophene rings is 1. The van der Waals surface area contributed by atoms with Crippen LogP contribution in [-0.4, -0.2) is 0 Å². The van der Waals surface area contributed by atoms with Crippen LogP contribution in [0.25, 0.3) is 86.6 Å². The molecule has 1 heterocycles. The summed E-state index contributed by atoms with van der Waals surface area (Å²) < 4.78 is 2.65. The molecular formula is C58H39NS. The van der Waals surface area contributed by atoms with E-state index in [2.05, 4.69) is 241 Å². The van der Waals surface area contributed by atoms with Crippen LogP contribution >= 0.6 is 11.3 Å². The van der Waals surface area contributed by atoms with Crippen molar-refractivity contribution in [1.82, 2.24) is 0 Å². The molecule has 0 amide bonds. The molecule has 10 aromatic carbocycles. The first-order valence-electron chi connectivity index (χ1n) is 20.5. The van der Waals surface area contributed by atoms with Crippen LogP contribution in [0.5, 0.6) is 0 Å². The van der Waals surface area contributed by atoms with Crippen molar-refractivity contribution in [2.45, 2.75) is 0 Å². The van der Waals surface area contributed by atoms with Crippen LogP contribution in [0, 0.1) is 0 Å². The predicted octanol–water partition coefficient (Wildman–Crippen LogP) is 17.0. The first kappa shape index (κ1) is 35.6. The molecule has 0 atom stereocenters. The fraction of sp³-hybridized carbons (Fsp3) is 0. The van der Waals surface area contributed by atoms with Crippen molar-refractivity contribution in [2.75, 3.05) is 4.90 Å². The van der Waals surface area contributed by atoms with Gasteiger partial charge in [-0.2, -0.15) is 0 Å². The van der Waals surface area contributed by atoms with Crippen LogP contribution < -0.4 is 4.90 Å². The third-order valence-corrected chi connectivity index (χ3v) is 12.8. The molecule has 11 aromatic rings. The Morgan fingerprint density at radius 2 is 0.667 bits per heavy atom. The highest BCUT2D eigenvalue weighted by atomic mass is 32.1. The van der Waals surface area contributed by atoms with Gasteiger partial charge in [0.1, 0.15) is 0 Å². The maximum Gasteiger partial charge on any atom is 0.0462 e. The van der Waals surface area contributed by atoms with Gasteiger partial charge in [0.2, 0.25) is 0 Å². The van der Waals surface area contributed by atoms with Gasteiger partial charge in [0.05, 0.1) is 0 Å². The van der Waals surface area contributed by atoms with Crippen LogP contribution in [-0.2, 0) is 0 Å². The molecule has 0 aliphatic heterocycles. The lowest BCUT2D eigenvalue weighted by atomic mass is 9.95. The Labute approximate surface area is 354 Å². The first-order valence-corrected chi connectivity index (χ1v) is 21.3. The Bertz CT molecular complexity index is 3280. The summed E-state index contributed by atoms with van der Waals surface area (Å²) >= 11 is 1.86. The van der Waals surface area contributed by atoms with Crippen molar-refractivity contribution < 1.29 is 0 Å². The highest BCUT2D eigenvalue weighted by Crippen LogP contribution is 2.40. The fourth-order valence-electron chi connectivity index (χ4n) is 8.61. The summed E-state index contributed by atoms with van der Waals surface area (Å²) in [6.07, 6.45) is 0. The zero-order valence-electron chi connectivity index (χ0n) is 32.9. The van der Waals surface area contributed by atoms with Gasteiger partial charge in [-0.05, 0) is 133 Å². The fourth-order valence-corrected chi connectivity index (χ4v) is 9.70. The van der Waals surface area contributed by atoms with Crippen molar-refractivity contribution in [3.8, 4) is 55.6 Å². The molecule has 0 bridgehead atoms. The third-order valence-electron chi connectivity index (χ3n) is 11.7. The predicted molar refractivity (Wildman–Crippen MR) is 259 cm³/mol. The molecule has 0 N–H and O–H groups in total. The van der Waals surface area contributed by atoms with Gasteiger partial charge < -0.3 is 4.90 Å². The normalized spacial score (nSPS) is 11.3. The van der Waals surface area contributed by atoms with Crippen LogP contribution in [0.2, 0.25) is 0 Å². The smallest absolute Gasteiger partial charge is 0.0462 e. The highest BCUT2D eigenvalue weighted by molar-refractivity contribution is 7.25. The summed E-state index contributed by atoms with van der Waals surface area (Å²) in [6, 6.07) is 86.1. The second-order valence-electron chi connectivity index (χ2n) is 15.3. The van der Waals surface area contributed by atoms with Gasteiger partial charge in [0.25, 0.3) is 0 Å². The maximum absolute atomic E-state index is 2.36. The van der Waals surface area contributed by atoms with Crippen molar-refractivity contribution >= 4 is 59.3 Å². The van der Waals surface area contributed by atoms with E-state index >= 15 is 0 Å². The average molecular weight is 782 g/mol. The quantitative estimate of drug-likeness (QED) is 0.148. The number of anilines is 3. The molecule has 1 nitrogen and oxygen atoms in total. The van der Waals surface area contributed by atoms with Gasteiger partial charge in [-0.1, -0.05) is 170 Å². The van der Waals surface area contributed by atoms with Crippen LogP contribution in [0.4, 0.5) is 17.1 Å². The van der Waals surface area contributed by atoms with Gasteiger partial charge >= 0.3 is 0 Å². The molecule has 0 spiro atoms. The minimum atomic E-state index is 1.10. The summed E-state index contributed by atoms with van der Waals surface area (Å²) in [5.74, 6) is 0. The number of benzene rings is 10. The Morgan fingerprint density at radius 3 is 1.30 bits per heavy atom. The van der Waals surface area contributed by atoms with Crippen molar-refractivity contribution in [3.63, 3.8) is 0 Å². The molecule has 60 heavy (non-hydrogen) atoms.